The Kier molecular flexibility index (Phi) is 4.18. The van der Waals surface area contributed by atoms with Crippen molar-refractivity contribution in [3.05, 3.63) is 35.4 Å². The minimum Gasteiger partial charge on any atom is -0.444 e. The Morgan fingerprint density at radius 3 is 2.62 bits per heavy atom. The standard InChI is InChI=1S/C14H13N3O4/c1-9(6-15)21-13(19)11-4-2-10(3-5-11)8-17-12(18)7-16-14(17)20/h2-5,9H,7-8H2,1H3,(H,16,20). The van der Waals surface area contributed by atoms with E-state index in [4.69, 9.17) is 10.00 Å². The number of hydrogen-bond donors (Lipinski definition) is 1. The van der Waals surface area contributed by atoms with E-state index in [1.54, 1.807) is 18.2 Å². The molecule has 0 aromatic heterocycles. The van der Waals surface area contributed by atoms with Crippen molar-refractivity contribution in [3.63, 3.8) is 0 Å². The zero-order valence-corrected chi connectivity index (χ0v) is 11.3. The number of rotatable bonds is 4. The summed E-state index contributed by atoms with van der Waals surface area (Å²) >= 11 is 0. The van der Waals surface area contributed by atoms with Crippen molar-refractivity contribution in [2.75, 3.05) is 6.54 Å². The minimum absolute atomic E-state index is 0.00922. The molecule has 1 fully saturated rings. The molecule has 7 nitrogen and oxygen atoms in total. The molecule has 7 heteroatoms. The molecule has 0 bridgehead atoms. The van der Waals surface area contributed by atoms with Gasteiger partial charge in [-0.15, -0.1) is 0 Å². The van der Waals surface area contributed by atoms with Gasteiger partial charge in [0.05, 0.1) is 18.7 Å². The second kappa shape index (κ2) is 6.05. The molecule has 1 N–H and O–H groups in total. The van der Waals surface area contributed by atoms with Gasteiger partial charge in [0.1, 0.15) is 6.07 Å². The number of carbonyl (C=O) groups excluding carboxylic acids is 3. The third-order valence-corrected chi connectivity index (χ3v) is 2.93. The topological polar surface area (TPSA) is 99.5 Å². The Morgan fingerprint density at radius 1 is 1.43 bits per heavy atom. The van der Waals surface area contributed by atoms with Gasteiger partial charge in [0.2, 0.25) is 5.91 Å². The van der Waals surface area contributed by atoms with Gasteiger partial charge < -0.3 is 10.1 Å². The molecule has 1 saturated heterocycles. The summed E-state index contributed by atoms with van der Waals surface area (Å²) in [5.41, 5.74) is 1.02. The molecule has 0 radical (unpaired) electrons. The maximum Gasteiger partial charge on any atom is 0.339 e. The second-order valence-corrected chi connectivity index (χ2v) is 4.51. The first-order valence-electron chi connectivity index (χ1n) is 6.29. The molecule has 1 aliphatic heterocycles. The zero-order valence-electron chi connectivity index (χ0n) is 11.3. The highest BCUT2D eigenvalue weighted by molar-refractivity contribution is 6.01. The molecule has 1 atom stereocenters. The van der Waals surface area contributed by atoms with Crippen LogP contribution < -0.4 is 5.32 Å². The van der Waals surface area contributed by atoms with Gasteiger partial charge in [0.15, 0.2) is 6.10 Å². The Morgan fingerprint density at radius 2 is 2.10 bits per heavy atom. The van der Waals surface area contributed by atoms with Gasteiger partial charge in [-0.3, -0.25) is 9.69 Å². The molecule has 1 aromatic rings. The Hall–Kier alpha value is -2.88. The number of nitrogens with one attached hydrogen (secondary N) is 1. The van der Waals surface area contributed by atoms with Crippen molar-refractivity contribution in [1.29, 1.82) is 5.26 Å². The monoisotopic (exact) mass is 287 g/mol. The smallest absolute Gasteiger partial charge is 0.339 e. The van der Waals surface area contributed by atoms with Gasteiger partial charge in [-0.25, -0.2) is 9.59 Å². The van der Waals surface area contributed by atoms with Gasteiger partial charge in [0.25, 0.3) is 0 Å². The molecular formula is C14H13N3O4. The van der Waals surface area contributed by atoms with Crippen molar-refractivity contribution < 1.29 is 19.1 Å². The summed E-state index contributed by atoms with van der Waals surface area (Å²) in [6.45, 7) is 1.63. The number of esters is 1. The maximum atomic E-state index is 11.7. The van der Waals surface area contributed by atoms with E-state index in [1.807, 2.05) is 0 Å². The van der Waals surface area contributed by atoms with Crippen LogP contribution in [0.15, 0.2) is 24.3 Å². The molecule has 1 aromatic carbocycles. The number of hydrogen-bond acceptors (Lipinski definition) is 5. The van der Waals surface area contributed by atoms with Crippen LogP contribution in [0.25, 0.3) is 0 Å². The van der Waals surface area contributed by atoms with E-state index in [1.165, 1.54) is 19.1 Å². The van der Waals surface area contributed by atoms with E-state index in [-0.39, 0.29) is 19.0 Å². The summed E-state index contributed by atoms with van der Waals surface area (Å²) in [7, 11) is 0. The molecule has 1 heterocycles. The van der Waals surface area contributed by atoms with Gasteiger partial charge in [-0.05, 0) is 24.6 Å². The van der Waals surface area contributed by atoms with Crippen LogP contribution in [0.3, 0.4) is 0 Å². The highest BCUT2D eigenvalue weighted by Gasteiger charge is 2.28. The summed E-state index contributed by atoms with van der Waals surface area (Å²) in [4.78, 5) is 35.6. The van der Waals surface area contributed by atoms with E-state index >= 15 is 0 Å². The average Bonchev–Trinajstić information content (AvgIpc) is 2.79. The highest BCUT2D eigenvalue weighted by Crippen LogP contribution is 2.11. The number of imide groups is 1. The predicted octanol–water partition coefficient (Wildman–Crippen LogP) is 0.807. The number of nitrogens with zero attached hydrogens (tertiary/aromatic N) is 2. The van der Waals surface area contributed by atoms with Crippen LogP contribution in [0, 0.1) is 11.3 Å². The van der Waals surface area contributed by atoms with Gasteiger partial charge in [0, 0.05) is 0 Å². The lowest BCUT2D eigenvalue weighted by molar-refractivity contribution is -0.125. The Bertz CT molecular complexity index is 602. The lowest BCUT2D eigenvalue weighted by Gasteiger charge is -2.12. The van der Waals surface area contributed by atoms with E-state index in [0.29, 0.717) is 11.1 Å². The molecule has 0 saturated carbocycles. The fourth-order valence-corrected chi connectivity index (χ4v) is 1.80. The quantitative estimate of drug-likeness (QED) is 0.652. The van der Waals surface area contributed by atoms with Crippen molar-refractivity contribution in [2.24, 2.45) is 0 Å². The number of carbonyl (C=O) groups is 3. The molecule has 0 aliphatic carbocycles. The first-order valence-corrected chi connectivity index (χ1v) is 6.29. The van der Waals surface area contributed by atoms with Crippen LogP contribution in [0.1, 0.15) is 22.8 Å². The summed E-state index contributed by atoms with van der Waals surface area (Å²) in [5.74, 6) is -0.878. The molecule has 108 valence electrons. The van der Waals surface area contributed by atoms with Crippen LogP contribution in [-0.2, 0) is 16.1 Å². The summed E-state index contributed by atoms with van der Waals surface area (Å²) in [5, 5.41) is 11.0. The van der Waals surface area contributed by atoms with Crippen molar-refractivity contribution >= 4 is 17.9 Å². The van der Waals surface area contributed by atoms with Gasteiger partial charge >= 0.3 is 12.0 Å². The summed E-state index contributed by atoms with van der Waals surface area (Å²) < 4.78 is 4.86. The molecule has 1 unspecified atom stereocenters. The highest BCUT2D eigenvalue weighted by atomic mass is 16.5. The van der Waals surface area contributed by atoms with Crippen molar-refractivity contribution in [2.45, 2.75) is 19.6 Å². The fraction of sp³-hybridized carbons (Fsp3) is 0.286. The van der Waals surface area contributed by atoms with E-state index < -0.39 is 18.1 Å². The minimum atomic E-state index is -0.817. The molecule has 3 amide bonds. The van der Waals surface area contributed by atoms with Crippen LogP contribution in [0.4, 0.5) is 4.79 Å². The first kappa shape index (κ1) is 14.5. The van der Waals surface area contributed by atoms with Crippen LogP contribution in [0.5, 0.6) is 0 Å². The van der Waals surface area contributed by atoms with E-state index in [2.05, 4.69) is 5.32 Å². The van der Waals surface area contributed by atoms with Crippen molar-refractivity contribution in [3.8, 4) is 6.07 Å². The zero-order chi connectivity index (χ0) is 15.4. The average molecular weight is 287 g/mol. The second-order valence-electron chi connectivity index (χ2n) is 4.51. The molecule has 21 heavy (non-hydrogen) atoms. The lowest BCUT2D eigenvalue weighted by atomic mass is 10.1. The maximum absolute atomic E-state index is 11.7. The number of nitriles is 1. The molecule has 2 rings (SSSR count). The van der Waals surface area contributed by atoms with Crippen molar-refractivity contribution in [1.82, 2.24) is 10.2 Å². The van der Waals surface area contributed by atoms with E-state index in [0.717, 1.165) is 4.90 Å². The van der Waals surface area contributed by atoms with Crippen LogP contribution in [0.2, 0.25) is 0 Å². The normalized spacial score (nSPS) is 15.3. The Balaban J connectivity index is 2.02. The number of benzene rings is 1. The number of amides is 3. The third kappa shape index (κ3) is 3.36. The molecule has 1 aliphatic rings. The van der Waals surface area contributed by atoms with Gasteiger partial charge in [-0.2, -0.15) is 5.26 Å². The Labute approximate surface area is 121 Å². The molecular weight excluding hydrogens is 274 g/mol. The summed E-state index contributed by atoms with van der Waals surface area (Å²) in [6.07, 6.45) is -0.817. The SMILES string of the molecule is CC(C#N)OC(=O)c1ccc(CN2C(=O)CNC2=O)cc1. The largest absolute Gasteiger partial charge is 0.444 e. The third-order valence-electron chi connectivity index (χ3n) is 2.93. The van der Waals surface area contributed by atoms with Crippen LogP contribution >= 0.6 is 0 Å². The molecule has 0 spiro atoms. The summed E-state index contributed by atoms with van der Waals surface area (Å²) in [6, 6.07) is 7.70. The lowest BCUT2D eigenvalue weighted by Crippen LogP contribution is -2.30. The van der Waals surface area contributed by atoms with Gasteiger partial charge in [-0.1, -0.05) is 12.1 Å². The number of urea groups is 1. The fourth-order valence-electron chi connectivity index (χ4n) is 1.80. The van der Waals surface area contributed by atoms with E-state index in [9.17, 15) is 14.4 Å². The first-order chi connectivity index (χ1) is 10.0. The number of ether oxygens (including phenoxy) is 1. The predicted molar refractivity (Wildman–Crippen MR) is 70.9 cm³/mol. The van der Waals surface area contributed by atoms with Crippen LogP contribution in [-0.4, -0.2) is 35.5 Å².